The number of guanidine groups is 1. The number of nitrogen functional groups attached to an aromatic ring is 2. The Morgan fingerprint density at radius 3 is 2.18 bits per heavy atom. The van der Waals surface area contributed by atoms with E-state index in [-0.39, 0.29) is 40.9 Å². The third kappa shape index (κ3) is 3.94. The third-order valence-electron chi connectivity index (χ3n) is 4.72. The van der Waals surface area contributed by atoms with Crippen LogP contribution in [-0.2, 0) is 12.1 Å². The molecule has 1 atom stereocenters. The normalized spacial score (nSPS) is 15.9. The van der Waals surface area contributed by atoms with Gasteiger partial charge in [-0.05, 0) is 17.7 Å². The molecule has 16 heteroatoms. The van der Waals surface area contributed by atoms with Crippen LogP contribution >= 0.6 is 0 Å². The molecule has 0 radical (unpaired) electrons. The first-order valence-corrected chi connectivity index (χ1v) is 8.78. The summed E-state index contributed by atoms with van der Waals surface area (Å²) in [5, 5.41) is 22.6. The van der Waals surface area contributed by atoms with Gasteiger partial charge in [0.15, 0.2) is 6.19 Å². The van der Waals surface area contributed by atoms with Gasteiger partial charge in [0.1, 0.15) is 29.3 Å². The number of pyridine rings is 1. The van der Waals surface area contributed by atoms with Crippen LogP contribution in [0.5, 0.6) is 0 Å². The van der Waals surface area contributed by atoms with E-state index in [9.17, 15) is 40.4 Å². The molecular weight excluding hydrogens is 480 g/mol. The highest BCUT2D eigenvalue weighted by atomic mass is 19.4. The fraction of sp³-hybridized carbons (Fsp3) is 0.222. The van der Waals surface area contributed by atoms with Crippen LogP contribution in [-0.4, -0.2) is 17.1 Å². The number of nitrogens with zero attached hydrogens (tertiary/aromatic N) is 4. The number of alkyl halides is 8. The van der Waals surface area contributed by atoms with Crippen molar-refractivity contribution < 1.29 is 35.1 Å². The molecule has 2 heterocycles. The number of hydrogen-bond donors (Lipinski definition) is 4. The highest BCUT2D eigenvalue weighted by Gasteiger charge is 2.61. The Labute approximate surface area is 184 Å². The van der Waals surface area contributed by atoms with Gasteiger partial charge in [0.2, 0.25) is 5.96 Å². The Bertz CT molecular complexity index is 1270. The number of nitrogens with one attached hydrogen (secondary N) is 2. The summed E-state index contributed by atoms with van der Waals surface area (Å²) in [6, 6.07) is 0.648. The van der Waals surface area contributed by atoms with Crippen molar-refractivity contribution in [3.05, 3.63) is 46.0 Å². The molecule has 34 heavy (non-hydrogen) atoms. The van der Waals surface area contributed by atoms with Crippen LogP contribution in [0, 0.1) is 22.8 Å². The minimum Gasteiger partial charge on any atom is -0.397 e. The number of aromatic nitrogens is 1. The summed E-state index contributed by atoms with van der Waals surface area (Å²) in [5.74, 6) is -6.92. The van der Waals surface area contributed by atoms with Crippen LogP contribution < -0.4 is 22.1 Å². The van der Waals surface area contributed by atoms with E-state index < -0.39 is 46.7 Å². The average Bonchev–Trinajstić information content (AvgIpc) is 2.71. The number of halogens is 8. The Morgan fingerprint density at radius 2 is 1.65 bits per heavy atom. The fourth-order valence-electron chi connectivity index (χ4n) is 3.21. The second kappa shape index (κ2) is 7.91. The SMILES string of the molecule is N#CNC1=NC(c2ccc(C(F)(F)F)c(C(F)(F)C(F)(F)F)c2)c2c(nc(N)c(C#N)c2N)N1. The first-order chi connectivity index (χ1) is 15.6. The van der Waals surface area contributed by atoms with E-state index in [4.69, 9.17) is 16.7 Å². The van der Waals surface area contributed by atoms with Gasteiger partial charge in [0.05, 0.1) is 11.3 Å². The van der Waals surface area contributed by atoms with E-state index in [0.29, 0.717) is 6.07 Å². The molecule has 1 aliphatic rings. The molecular formula is C18H10F8N8. The van der Waals surface area contributed by atoms with E-state index in [0.717, 1.165) is 0 Å². The minimum absolute atomic E-state index is 0.00851. The van der Waals surface area contributed by atoms with E-state index in [1.54, 1.807) is 6.07 Å². The van der Waals surface area contributed by atoms with Crippen molar-refractivity contribution in [2.45, 2.75) is 24.3 Å². The lowest BCUT2D eigenvalue weighted by Crippen LogP contribution is -2.36. The highest BCUT2D eigenvalue weighted by molar-refractivity contribution is 5.98. The van der Waals surface area contributed by atoms with E-state index in [1.165, 1.54) is 6.19 Å². The van der Waals surface area contributed by atoms with E-state index >= 15 is 0 Å². The number of fused-ring (bicyclic) bond motifs is 1. The summed E-state index contributed by atoms with van der Waals surface area (Å²) in [5.41, 5.74) is 5.35. The molecule has 6 N–H and O–H groups in total. The van der Waals surface area contributed by atoms with Gasteiger partial charge < -0.3 is 16.8 Å². The summed E-state index contributed by atoms with van der Waals surface area (Å²) in [7, 11) is 0. The van der Waals surface area contributed by atoms with Crippen LogP contribution in [0.25, 0.3) is 0 Å². The molecule has 1 aromatic carbocycles. The van der Waals surface area contributed by atoms with Crippen LogP contribution in [0.3, 0.4) is 0 Å². The maximum Gasteiger partial charge on any atom is 0.458 e. The molecule has 0 fully saturated rings. The second-order valence-corrected chi connectivity index (χ2v) is 6.78. The van der Waals surface area contributed by atoms with E-state index in [2.05, 4.69) is 15.3 Å². The fourth-order valence-corrected chi connectivity index (χ4v) is 3.21. The van der Waals surface area contributed by atoms with Crippen LogP contribution in [0.4, 0.5) is 52.4 Å². The Balaban J connectivity index is 2.35. The largest absolute Gasteiger partial charge is 0.458 e. The van der Waals surface area contributed by atoms with E-state index in [1.807, 2.05) is 5.32 Å². The molecule has 0 spiro atoms. The van der Waals surface area contributed by atoms with Gasteiger partial charge >= 0.3 is 18.3 Å². The topological polar surface area (TPSA) is 149 Å². The molecule has 1 unspecified atom stereocenters. The molecule has 0 amide bonds. The molecule has 3 rings (SSSR count). The molecule has 0 bridgehead atoms. The zero-order valence-electron chi connectivity index (χ0n) is 16.3. The standard InChI is InChI=1S/C18H10F8N8/c19-16(20,18(24,25)26)9-3-6(1-2-8(9)17(21,22)23)12-10-11(29)7(4-27)13(30)33-14(10)34-15(32-12)31-5-28/h1-3,12H,(H6,29,30,31,32,33,34). The van der Waals surface area contributed by atoms with Crippen LogP contribution in [0.1, 0.15) is 33.9 Å². The molecule has 1 aliphatic heterocycles. The third-order valence-corrected chi connectivity index (χ3v) is 4.72. The number of hydrogen-bond acceptors (Lipinski definition) is 8. The van der Waals surface area contributed by atoms with Crippen LogP contribution in [0.2, 0.25) is 0 Å². The van der Waals surface area contributed by atoms with Crippen molar-refractivity contribution in [3.63, 3.8) is 0 Å². The van der Waals surface area contributed by atoms with Gasteiger partial charge in [-0.3, -0.25) is 5.32 Å². The molecule has 0 saturated heterocycles. The lowest BCUT2D eigenvalue weighted by atomic mass is 9.90. The van der Waals surface area contributed by atoms with Crippen molar-refractivity contribution in [1.29, 1.82) is 10.5 Å². The Morgan fingerprint density at radius 1 is 1.00 bits per heavy atom. The van der Waals surface area contributed by atoms with Gasteiger partial charge in [0, 0.05) is 11.1 Å². The predicted octanol–water partition coefficient (Wildman–Crippen LogP) is 3.73. The second-order valence-electron chi connectivity index (χ2n) is 6.78. The zero-order valence-corrected chi connectivity index (χ0v) is 16.3. The lowest BCUT2D eigenvalue weighted by molar-refractivity contribution is -0.291. The van der Waals surface area contributed by atoms with Gasteiger partial charge in [-0.15, -0.1) is 0 Å². The smallest absolute Gasteiger partial charge is 0.397 e. The maximum atomic E-state index is 14.1. The first kappa shape index (κ1) is 24.3. The van der Waals surface area contributed by atoms with Gasteiger partial charge in [-0.1, -0.05) is 6.07 Å². The first-order valence-electron chi connectivity index (χ1n) is 8.78. The van der Waals surface area contributed by atoms with Crippen molar-refractivity contribution in [2.24, 2.45) is 4.99 Å². The van der Waals surface area contributed by atoms with Crippen molar-refractivity contribution in [2.75, 3.05) is 16.8 Å². The lowest BCUT2D eigenvalue weighted by Gasteiger charge is -2.28. The zero-order chi connectivity index (χ0) is 25.6. The molecule has 1 aromatic heterocycles. The van der Waals surface area contributed by atoms with Crippen molar-refractivity contribution in [1.82, 2.24) is 10.3 Å². The summed E-state index contributed by atoms with van der Waals surface area (Å²) >= 11 is 0. The summed E-state index contributed by atoms with van der Waals surface area (Å²) in [6.45, 7) is 0. The van der Waals surface area contributed by atoms with Gasteiger partial charge in [-0.2, -0.15) is 45.6 Å². The molecule has 0 aliphatic carbocycles. The van der Waals surface area contributed by atoms with Crippen molar-refractivity contribution >= 4 is 23.3 Å². The molecule has 0 saturated carbocycles. The molecule has 2 aromatic rings. The number of nitrogens with two attached hydrogens (primary N) is 2. The summed E-state index contributed by atoms with van der Waals surface area (Å²) < 4.78 is 107. The summed E-state index contributed by atoms with van der Waals surface area (Å²) in [6.07, 6.45) is -10.4. The minimum atomic E-state index is -6.35. The van der Waals surface area contributed by atoms with Gasteiger partial charge in [-0.25, -0.2) is 9.98 Å². The monoisotopic (exact) mass is 490 g/mol. The molecule has 8 nitrogen and oxygen atoms in total. The van der Waals surface area contributed by atoms with Gasteiger partial charge in [0.25, 0.3) is 0 Å². The molecule has 178 valence electrons. The number of anilines is 3. The quantitative estimate of drug-likeness (QED) is 0.285. The Hall–Kier alpha value is -4.34. The average molecular weight is 490 g/mol. The highest BCUT2D eigenvalue weighted by Crippen LogP contribution is 2.50. The number of aliphatic imine (C=N–C) groups is 1. The Kier molecular flexibility index (Phi) is 5.65. The summed E-state index contributed by atoms with van der Waals surface area (Å²) in [4.78, 5) is 7.77. The van der Waals surface area contributed by atoms with Crippen molar-refractivity contribution in [3.8, 4) is 12.3 Å². The maximum absolute atomic E-state index is 14.1. The van der Waals surface area contributed by atoms with Crippen LogP contribution in [0.15, 0.2) is 23.2 Å². The number of rotatable bonds is 2. The number of nitriles is 2. The number of benzene rings is 1. The predicted molar refractivity (Wildman–Crippen MR) is 101 cm³/mol.